The van der Waals surface area contributed by atoms with Gasteiger partial charge in [-0.1, -0.05) is 60.7 Å². The third-order valence-corrected chi connectivity index (χ3v) is 10.2. The Bertz CT molecular complexity index is 2230. The first-order valence-corrected chi connectivity index (χ1v) is 18.8. The third kappa shape index (κ3) is 9.94. The van der Waals surface area contributed by atoms with Gasteiger partial charge in [-0.25, -0.2) is 19.7 Å². The molecular weight excluding hydrogens is 738 g/mol. The molecule has 0 aliphatic carbocycles. The Kier molecular flexibility index (Phi) is 12.4. The van der Waals surface area contributed by atoms with E-state index in [4.69, 9.17) is 34.6 Å². The lowest BCUT2D eigenvalue weighted by Gasteiger charge is -2.34. The summed E-state index contributed by atoms with van der Waals surface area (Å²) < 4.78 is 37.0. The molecule has 6 aromatic rings. The van der Waals surface area contributed by atoms with Gasteiger partial charge in [0, 0.05) is 81.2 Å². The molecule has 0 radical (unpaired) electrons. The first kappa shape index (κ1) is 39.4. The van der Waals surface area contributed by atoms with E-state index in [2.05, 4.69) is 84.5 Å². The zero-order chi connectivity index (χ0) is 39.8. The standard InChI is InChI=1S/C39H42N10O.C2HF3O2/c1-50-24-23-47-19-21-49(22-20-47)39-41-26-32-25-33(29-7-3-2-4-8-29)35(42-36(32)44-39)30-12-10-28(11-13-30)27-48-17-14-31(15-18-48)37-43-38(46-45-37)34-9-5-6-16-40-34;3-2(4,5)1(6)7/h2-13,16,25-26,31H,14-15,17-24,27H2,1H3,(H,43,45,46);(H,6,7). The van der Waals surface area contributed by atoms with Crippen molar-refractivity contribution in [2.45, 2.75) is 31.5 Å². The van der Waals surface area contributed by atoms with E-state index in [1.54, 1.807) is 13.3 Å². The van der Waals surface area contributed by atoms with Gasteiger partial charge in [0.15, 0.2) is 11.5 Å². The van der Waals surface area contributed by atoms with E-state index in [-0.39, 0.29) is 0 Å². The van der Waals surface area contributed by atoms with E-state index in [0.717, 1.165) is 123 Å². The number of methoxy groups -OCH3 is 1. The van der Waals surface area contributed by atoms with Crippen molar-refractivity contribution in [2.75, 3.05) is 64.4 Å². The number of carbonyl (C=O) groups is 1. The number of likely N-dealkylation sites (tertiary alicyclic amines) is 1. The molecule has 57 heavy (non-hydrogen) atoms. The molecule has 0 saturated carbocycles. The number of aromatic amines is 1. The number of pyridine rings is 2. The Balaban J connectivity index is 0.000000651. The number of anilines is 1. The highest BCUT2D eigenvalue weighted by Crippen LogP contribution is 2.34. The summed E-state index contributed by atoms with van der Waals surface area (Å²) in [6, 6.07) is 27.4. The number of fused-ring (bicyclic) bond motifs is 1. The number of aromatic nitrogens is 7. The topological polar surface area (TPSA) is 149 Å². The minimum atomic E-state index is -5.08. The maximum absolute atomic E-state index is 10.6. The summed E-state index contributed by atoms with van der Waals surface area (Å²) in [5.41, 5.74) is 7.02. The molecule has 2 fully saturated rings. The summed E-state index contributed by atoms with van der Waals surface area (Å²) in [7, 11) is 1.75. The second kappa shape index (κ2) is 18.0. The van der Waals surface area contributed by atoms with E-state index in [1.807, 2.05) is 30.5 Å². The van der Waals surface area contributed by atoms with Crippen LogP contribution in [0.1, 0.15) is 30.1 Å². The fraction of sp³-hybridized carbons (Fsp3) is 0.341. The molecule has 0 bridgehead atoms. The number of ether oxygens (including phenoxy) is 1. The summed E-state index contributed by atoms with van der Waals surface area (Å²) in [6.45, 7) is 8.35. The Labute approximate surface area is 327 Å². The van der Waals surface area contributed by atoms with E-state index in [9.17, 15) is 13.2 Å². The highest BCUT2D eigenvalue weighted by molar-refractivity contribution is 5.90. The monoisotopic (exact) mass is 780 g/mol. The molecule has 0 atom stereocenters. The average Bonchev–Trinajstić information content (AvgIpc) is 3.74. The predicted octanol–water partition coefficient (Wildman–Crippen LogP) is 6.32. The van der Waals surface area contributed by atoms with Crippen molar-refractivity contribution in [3.8, 4) is 33.9 Å². The van der Waals surface area contributed by atoms with Crippen molar-refractivity contribution in [2.24, 2.45) is 0 Å². The first-order chi connectivity index (χ1) is 27.6. The van der Waals surface area contributed by atoms with Crippen LogP contribution < -0.4 is 4.90 Å². The molecule has 0 amide bonds. The Morgan fingerprint density at radius 3 is 2.25 bits per heavy atom. The van der Waals surface area contributed by atoms with Crippen molar-refractivity contribution in [1.29, 1.82) is 0 Å². The number of aliphatic carboxylic acids is 1. The maximum atomic E-state index is 10.6. The van der Waals surface area contributed by atoms with Gasteiger partial charge < -0.3 is 14.7 Å². The molecule has 296 valence electrons. The van der Waals surface area contributed by atoms with E-state index >= 15 is 0 Å². The fourth-order valence-corrected chi connectivity index (χ4v) is 7.01. The smallest absolute Gasteiger partial charge is 0.475 e. The lowest BCUT2D eigenvalue weighted by atomic mass is 9.95. The first-order valence-electron chi connectivity index (χ1n) is 18.8. The van der Waals surface area contributed by atoms with Crippen LogP contribution in [0.25, 0.3) is 44.9 Å². The minimum Gasteiger partial charge on any atom is -0.475 e. The number of alkyl halides is 3. The van der Waals surface area contributed by atoms with Crippen molar-refractivity contribution in [1.82, 2.24) is 44.9 Å². The largest absolute Gasteiger partial charge is 0.490 e. The average molecular weight is 781 g/mol. The molecule has 16 heteroatoms. The highest BCUT2D eigenvalue weighted by atomic mass is 19.4. The SMILES string of the molecule is COCCN1CCN(c2ncc3cc(-c4ccccc4)c(-c4ccc(CN5CCC(c6nc(-c7ccccn7)n[nH]6)CC5)cc4)nc3n2)CC1.O=C(O)C(F)(F)F. The predicted molar refractivity (Wildman–Crippen MR) is 209 cm³/mol. The van der Waals surface area contributed by atoms with Gasteiger partial charge in [0.2, 0.25) is 5.95 Å². The number of piperidine rings is 1. The van der Waals surface area contributed by atoms with Crippen molar-refractivity contribution < 1.29 is 27.8 Å². The molecule has 8 rings (SSSR count). The number of carboxylic acids is 1. The van der Waals surface area contributed by atoms with Crippen molar-refractivity contribution in [3.05, 3.63) is 103 Å². The zero-order valence-electron chi connectivity index (χ0n) is 31.4. The second-order valence-corrected chi connectivity index (χ2v) is 14.0. The molecule has 4 aromatic heterocycles. The Morgan fingerprint density at radius 1 is 0.860 bits per heavy atom. The van der Waals surface area contributed by atoms with Gasteiger partial charge in [0.05, 0.1) is 12.3 Å². The maximum Gasteiger partial charge on any atom is 0.490 e. The molecule has 2 N–H and O–H groups in total. The summed E-state index contributed by atoms with van der Waals surface area (Å²) in [6.07, 6.45) is 0.704. The molecule has 2 aliphatic rings. The van der Waals surface area contributed by atoms with Crippen LogP contribution >= 0.6 is 0 Å². The van der Waals surface area contributed by atoms with Crippen LogP contribution in [0.3, 0.4) is 0 Å². The van der Waals surface area contributed by atoms with Crippen LogP contribution in [0.2, 0.25) is 0 Å². The number of H-pyrrole nitrogens is 1. The number of carboxylic acid groups (broad SMARTS) is 1. The van der Waals surface area contributed by atoms with Gasteiger partial charge in [0.25, 0.3) is 0 Å². The van der Waals surface area contributed by atoms with E-state index in [0.29, 0.717) is 11.7 Å². The number of rotatable bonds is 10. The number of nitrogens with one attached hydrogen (secondary N) is 1. The normalized spacial score (nSPS) is 15.7. The van der Waals surface area contributed by atoms with Crippen LogP contribution in [0.5, 0.6) is 0 Å². The fourth-order valence-electron chi connectivity index (χ4n) is 7.01. The van der Waals surface area contributed by atoms with Crippen LogP contribution in [0.4, 0.5) is 19.1 Å². The van der Waals surface area contributed by atoms with E-state index < -0.39 is 12.1 Å². The number of nitrogens with zero attached hydrogens (tertiary/aromatic N) is 9. The Morgan fingerprint density at radius 2 is 1.58 bits per heavy atom. The molecule has 2 aliphatic heterocycles. The van der Waals surface area contributed by atoms with Crippen molar-refractivity contribution >= 4 is 23.0 Å². The summed E-state index contributed by atoms with van der Waals surface area (Å²) >= 11 is 0. The second-order valence-electron chi connectivity index (χ2n) is 14.0. The van der Waals surface area contributed by atoms with Crippen LogP contribution in [0, 0.1) is 0 Å². The van der Waals surface area contributed by atoms with Crippen LogP contribution in [0.15, 0.2) is 91.3 Å². The lowest BCUT2D eigenvalue weighted by Crippen LogP contribution is -2.47. The quantitative estimate of drug-likeness (QED) is 0.160. The van der Waals surface area contributed by atoms with Gasteiger partial charge >= 0.3 is 12.1 Å². The van der Waals surface area contributed by atoms with E-state index in [1.165, 1.54) is 5.56 Å². The minimum absolute atomic E-state index is 0.379. The number of benzene rings is 2. The number of halogens is 3. The number of hydrogen-bond donors (Lipinski definition) is 2. The van der Waals surface area contributed by atoms with Gasteiger partial charge in [-0.2, -0.15) is 23.3 Å². The molecule has 2 saturated heterocycles. The summed E-state index contributed by atoms with van der Waals surface area (Å²) in [5.74, 6) is -0.00772. The molecule has 0 unspecified atom stereocenters. The molecule has 2 aromatic carbocycles. The number of piperazine rings is 1. The molecule has 0 spiro atoms. The molecule has 6 heterocycles. The molecule has 13 nitrogen and oxygen atoms in total. The van der Waals surface area contributed by atoms with Crippen LogP contribution in [-0.4, -0.2) is 122 Å². The zero-order valence-corrected chi connectivity index (χ0v) is 31.4. The third-order valence-electron chi connectivity index (χ3n) is 10.2. The van der Waals surface area contributed by atoms with Gasteiger partial charge in [0.1, 0.15) is 11.5 Å². The van der Waals surface area contributed by atoms with Gasteiger partial charge in [-0.05, 0) is 55.3 Å². The van der Waals surface area contributed by atoms with Crippen molar-refractivity contribution in [3.63, 3.8) is 0 Å². The number of hydrogen-bond acceptors (Lipinski definition) is 11. The summed E-state index contributed by atoms with van der Waals surface area (Å²) in [5, 5.41) is 15.7. The Hall–Kier alpha value is -5.84. The van der Waals surface area contributed by atoms with Gasteiger partial charge in [-0.3, -0.25) is 19.9 Å². The molecular formula is C41H43F3N10O3. The van der Waals surface area contributed by atoms with Crippen LogP contribution in [-0.2, 0) is 16.1 Å². The lowest BCUT2D eigenvalue weighted by molar-refractivity contribution is -0.192. The summed E-state index contributed by atoms with van der Waals surface area (Å²) in [4.78, 5) is 40.2. The van der Waals surface area contributed by atoms with Gasteiger partial charge in [-0.15, -0.1) is 0 Å². The highest BCUT2D eigenvalue weighted by Gasteiger charge is 2.38.